The Hall–Kier alpha value is -0.480. The van der Waals surface area contributed by atoms with Crippen LogP contribution < -0.4 is 10.1 Å². The van der Waals surface area contributed by atoms with Gasteiger partial charge in [0.1, 0.15) is 12.4 Å². The molecule has 106 valence electrons. The molecular weight excluding hydrogens is 285 g/mol. The molecule has 1 aromatic carbocycles. The third-order valence-corrected chi connectivity index (χ3v) is 3.67. The number of halogens is 2. The van der Waals surface area contributed by atoms with Crippen LogP contribution in [0.2, 0.25) is 10.0 Å². The Morgan fingerprint density at radius 3 is 2.84 bits per heavy atom. The van der Waals surface area contributed by atoms with Crippen molar-refractivity contribution in [1.29, 1.82) is 0 Å². The number of hydrogen-bond acceptors (Lipinski definition) is 3. The molecule has 2 unspecified atom stereocenters. The minimum Gasteiger partial charge on any atom is -0.489 e. The molecule has 3 nitrogen and oxygen atoms in total. The number of benzene rings is 1. The first-order valence-corrected chi connectivity index (χ1v) is 7.38. The lowest BCUT2D eigenvalue weighted by molar-refractivity contribution is 0.0188. The summed E-state index contributed by atoms with van der Waals surface area (Å²) >= 11 is 11.9. The molecule has 0 radical (unpaired) electrons. The van der Waals surface area contributed by atoms with Crippen LogP contribution in [-0.2, 0) is 4.74 Å². The van der Waals surface area contributed by atoms with Crippen LogP contribution >= 0.6 is 23.2 Å². The Labute approximate surface area is 124 Å². The van der Waals surface area contributed by atoms with Crippen molar-refractivity contribution in [2.24, 2.45) is 0 Å². The predicted molar refractivity (Wildman–Crippen MR) is 78.4 cm³/mol. The Bertz CT molecular complexity index is 414. The molecule has 0 amide bonds. The summed E-state index contributed by atoms with van der Waals surface area (Å²) in [6, 6.07) is 5.24. The predicted octanol–water partition coefficient (Wildman–Crippen LogP) is 3.53. The van der Waals surface area contributed by atoms with Crippen LogP contribution in [0.5, 0.6) is 5.75 Å². The van der Waals surface area contributed by atoms with E-state index in [4.69, 9.17) is 32.7 Å². The monoisotopic (exact) mass is 303 g/mol. The van der Waals surface area contributed by atoms with Gasteiger partial charge in [-0.15, -0.1) is 0 Å². The fourth-order valence-electron chi connectivity index (χ4n) is 2.13. The molecule has 2 rings (SSSR count). The molecule has 1 aliphatic rings. The molecular formula is C14H19Cl2NO2. The topological polar surface area (TPSA) is 30.5 Å². The van der Waals surface area contributed by atoms with Crippen molar-refractivity contribution in [2.45, 2.75) is 32.0 Å². The minimum absolute atomic E-state index is 0.149. The van der Waals surface area contributed by atoms with E-state index in [9.17, 15) is 0 Å². The van der Waals surface area contributed by atoms with E-state index in [2.05, 4.69) is 12.2 Å². The Morgan fingerprint density at radius 1 is 1.32 bits per heavy atom. The van der Waals surface area contributed by atoms with Gasteiger partial charge in [0.25, 0.3) is 0 Å². The molecule has 1 aliphatic heterocycles. The van der Waals surface area contributed by atoms with E-state index in [0.717, 1.165) is 25.9 Å². The summed E-state index contributed by atoms with van der Waals surface area (Å²) in [6.45, 7) is 4.51. The smallest absolute Gasteiger partial charge is 0.138 e. The van der Waals surface area contributed by atoms with Gasteiger partial charge in [-0.3, -0.25) is 0 Å². The van der Waals surface area contributed by atoms with E-state index in [-0.39, 0.29) is 6.10 Å². The van der Waals surface area contributed by atoms with Gasteiger partial charge in [0.2, 0.25) is 0 Å². The zero-order chi connectivity index (χ0) is 13.7. The first-order chi connectivity index (χ1) is 9.19. The van der Waals surface area contributed by atoms with Crippen molar-refractivity contribution in [3.05, 3.63) is 28.2 Å². The molecule has 1 N–H and O–H groups in total. The van der Waals surface area contributed by atoms with E-state index < -0.39 is 0 Å². The van der Waals surface area contributed by atoms with Crippen molar-refractivity contribution >= 4 is 23.2 Å². The fraction of sp³-hybridized carbons (Fsp3) is 0.571. The zero-order valence-corrected chi connectivity index (χ0v) is 12.5. The van der Waals surface area contributed by atoms with E-state index in [1.165, 1.54) is 0 Å². The van der Waals surface area contributed by atoms with Crippen LogP contribution in [0.3, 0.4) is 0 Å². The van der Waals surface area contributed by atoms with Crippen LogP contribution in [-0.4, -0.2) is 31.9 Å². The van der Waals surface area contributed by atoms with Gasteiger partial charge in [0.05, 0.1) is 17.2 Å². The number of nitrogens with one attached hydrogen (secondary N) is 1. The normalized spacial score (nSPS) is 22.7. The highest BCUT2D eigenvalue weighted by Crippen LogP contribution is 2.28. The summed E-state index contributed by atoms with van der Waals surface area (Å²) in [4.78, 5) is 0. The van der Waals surface area contributed by atoms with E-state index in [0.29, 0.717) is 28.5 Å². The van der Waals surface area contributed by atoms with E-state index in [1.807, 2.05) is 0 Å². The number of likely N-dealkylation sites (N-methyl/N-ethyl adjacent to an activating group) is 1. The lowest BCUT2D eigenvalue weighted by atomic mass is 10.2. The summed E-state index contributed by atoms with van der Waals surface area (Å²) in [5.41, 5.74) is 0. The second kappa shape index (κ2) is 7.34. The highest BCUT2D eigenvalue weighted by Gasteiger charge is 2.25. The standard InChI is InChI=1S/C14H19Cl2NO2/c1-2-17-8-11-4-5-12(19-11)9-18-14-6-3-10(15)7-13(14)16/h3,6-7,11-12,17H,2,4-5,8-9H2,1H3. The van der Waals surface area contributed by atoms with Crippen molar-refractivity contribution in [2.75, 3.05) is 19.7 Å². The van der Waals surface area contributed by atoms with Crippen LogP contribution in [0.25, 0.3) is 0 Å². The Kier molecular flexibility index (Phi) is 5.76. The SMILES string of the molecule is CCNCC1CCC(COc2ccc(Cl)cc2Cl)O1. The maximum atomic E-state index is 6.05. The van der Waals surface area contributed by atoms with Crippen molar-refractivity contribution in [3.63, 3.8) is 0 Å². The van der Waals surface area contributed by atoms with Crippen molar-refractivity contribution in [3.8, 4) is 5.75 Å². The highest BCUT2D eigenvalue weighted by atomic mass is 35.5. The molecule has 0 aromatic heterocycles. The van der Waals surface area contributed by atoms with Crippen molar-refractivity contribution < 1.29 is 9.47 Å². The van der Waals surface area contributed by atoms with Gasteiger partial charge in [-0.1, -0.05) is 30.1 Å². The van der Waals surface area contributed by atoms with Crippen LogP contribution in [0, 0.1) is 0 Å². The van der Waals surface area contributed by atoms with E-state index in [1.54, 1.807) is 18.2 Å². The number of rotatable bonds is 6. The van der Waals surface area contributed by atoms with Crippen LogP contribution in [0.15, 0.2) is 18.2 Å². The van der Waals surface area contributed by atoms with Crippen molar-refractivity contribution in [1.82, 2.24) is 5.32 Å². The minimum atomic E-state index is 0.149. The maximum absolute atomic E-state index is 6.05. The Balaban J connectivity index is 1.77. The molecule has 5 heteroatoms. The molecule has 1 fully saturated rings. The van der Waals surface area contributed by atoms with Gasteiger partial charge in [0, 0.05) is 11.6 Å². The summed E-state index contributed by atoms with van der Waals surface area (Å²) in [5, 5.41) is 4.45. The molecule has 0 bridgehead atoms. The molecule has 1 aromatic rings. The zero-order valence-electron chi connectivity index (χ0n) is 11.0. The number of ether oxygens (including phenoxy) is 2. The van der Waals surface area contributed by atoms with E-state index >= 15 is 0 Å². The second-order valence-corrected chi connectivity index (χ2v) is 5.49. The molecule has 0 saturated carbocycles. The fourth-order valence-corrected chi connectivity index (χ4v) is 2.60. The summed E-state index contributed by atoms with van der Waals surface area (Å²) < 4.78 is 11.6. The van der Waals surface area contributed by atoms with Gasteiger partial charge < -0.3 is 14.8 Å². The number of hydrogen-bond donors (Lipinski definition) is 1. The molecule has 1 saturated heterocycles. The molecule has 0 spiro atoms. The largest absolute Gasteiger partial charge is 0.489 e. The highest BCUT2D eigenvalue weighted by molar-refractivity contribution is 6.35. The Morgan fingerprint density at radius 2 is 2.11 bits per heavy atom. The molecule has 19 heavy (non-hydrogen) atoms. The maximum Gasteiger partial charge on any atom is 0.138 e. The summed E-state index contributed by atoms with van der Waals surface area (Å²) in [7, 11) is 0. The van der Waals surface area contributed by atoms with Gasteiger partial charge in [0.15, 0.2) is 0 Å². The van der Waals surface area contributed by atoms with Gasteiger partial charge in [-0.25, -0.2) is 0 Å². The molecule has 2 atom stereocenters. The summed E-state index contributed by atoms with van der Waals surface area (Å²) in [5.74, 6) is 0.657. The lowest BCUT2D eigenvalue weighted by Crippen LogP contribution is -2.28. The average Bonchev–Trinajstić information content (AvgIpc) is 2.83. The first-order valence-electron chi connectivity index (χ1n) is 6.63. The quantitative estimate of drug-likeness (QED) is 0.872. The van der Waals surface area contributed by atoms with Crippen LogP contribution in [0.4, 0.5) is 0 Å². The third-order valence-electron chi connectivity index (χ3n) is 3.14. The van der Waals surface area contributed by atoms with Gasteiger partial charge >= 0.3 is 0 Å². The molecule has 0 aliphatic carbocycles. The lowest BCUT2D eigenvalue weighted by Gasteiger charge is -2.15. The third kappa shape index (κ3) is 4.53. The van der Waals surface area contributed by atoms with Gasteiger partial charge in [-0.05, 0) is 37.6 Å². The average molecular weight is 304 g/mol. The van der Waals surface area contributed by atoms with Gasteiger partial charge in [-0.2, -0.15) is 0 Å². The first kappa shape index (κ1) is 14.9. The summed E-state index contributed by atoms with van der Waals surface area (Å²) in [6.07, 6.45) is 2.56. The van der Waals surface area contributed by atoms with Crippen LogP contribution in [0.1, 0.15) is 19.8 Å². The molecule has 1 heterocycles. The second-order valence-electron chi connectivity index (χ2n) is 4.65.